The molecule has 0 amide bonds. The van der Waals surface area contributed by atoms with Gasteiger partial charge in [0.25, 0.3) is 0 Å². The molecule has 98 valence electrons. The third-order valence-corrected chi connectivity index (χ3v) is 4.21. The van der Waals surface area contributed by atoms with Gasteiger partial charge in [0, 0.05) is 12.0 Å². The predicted molar refractivity (Wildman–Crippen MR) is 68.8 cm³/mol. The highest BCUT2D eigenvalue weighted by Gasteiger charge is 2.44. The SMILES string of the molecule is CCNC(c1cccc(F)c1)C1CC2CCC1O2. The smallest absolute Gasteiger partial charge is 0.123 e. The molecule has 3 rings (SSSR count). The zero-order valence-electron chi connectivity index (χ0n) is 10.7. The van der Waals surface area contributed by atoms with E-state index >= 15 is 0 Å². The highest BCUT2D eigenvalue weighted by molar-refractivity contribution is 5.22. The van der Waals surface area contributed by atoms with Crippen molar-refractivity contribution >= 4 is 0 Å². The molecule has 0 radical (unpaired) electrons. The first-order valence-corrected chi connectivity index (χ1v) is 6.92. The van der Waals surface area contributed by atoms with Gasteiger partial charge in [-0.25, -0.2) is 4.39 Å². The van der Waals surface area contributed by atoms with Gasteiger partial charge in [-0.2, -0.15) is 0 Å². The molecular formula is C15H20FNO. The van der Waals surface area contributed by atoms with E-state index in [1.165, 1.54) is 12.5 Å². The summed E-state index contributed by atoms with van der Waals surface area (Å²) >= 11 is 0. The Balaban J connectivity index is 1.84. The number of hydrogen-bond donors (Lipinski definition) is 1. The van der Waals surface area contributed by atoms with E-state index < -0.39 is 0 Å². The average molecular weight is 249 g/mol. The molecule has 2 fully saturated rings. The molecule has 2 saturated heterocycles. The Bertz CT molecular complexity index is 423. The van der Waals surface area contributed by atoms with Gasteiger partial charge >= 0.3 is 0 Å². The number of halogens is 1. The maximum atomic E-state index is 13.4. The Morgan fingerprint density at radius 1 is 1.44 bits per heavy atom. The second-order valence-electron chi connectivity index (χ2n) is 5.36. The van der Waals surface area contributed by atoms with Gasteiger partial charge in [-0.05, 0) is 43.5 Å². The van der Waals surface area contributed by atoms with Crippen LogP contribution in [0.25, 0.3) is 0 Å². The number of ether oxygens (including phenoxy) is 1. The molecule has 0 spiro atoms. The van der Waals surface area contributed by atoms with Crippen molar-refractivity contribution in [3.8, 4) is 0 Å². The van der Waals surface area contributed by atoms with Crippen molar-refractivity contribution in [1.82, 2.24) is 5.32 Å². The fraction of sp³-hybridized carbons (Fsp3) is 0.600. The first-order chi connectivity index (χ1) is 8.78. The van der Waals surface area contributed by atoms with Crippen LogP contribution in [0.4, 0.5) is 4.39 Å². The number of rotatable bonds is 4. The van der Waals surface area contributed by atoms with Crippen molar-refractivity contribution in [2.24, 2.45) is 5.92 Å². The first-order valence-electron chi connectivity index (χ1n) is 6.92. The molecule has 0 aromatic heterocycles. The summed E-state index contributed by atoms with van der Waals surface area (Å²) in [5.41, 5.74) is 1.05. The van der Waals surface area contributed by atoms with Crippen LogP contribution in [0.1, 0.15) is 37.8 Å². The summed E-state index contributed by atoms with van der Waals surface area (Å²) in [6, 6.07) is 7.19. The summed E-state index contributed by atoms with van der Waals surface area (Å²) in [6.07, 6.45) is 4.27. The largest absolute Gasteiger partial charge is 0.375 e. The molecule has 18 heavy (non-hydrogen) atoms. The minimum Gasteiger partial charge on any atom is -0.375 e. The lowest BCUT2D eigenvalue weighted by atomic mass is 9.81. The third kappa shape index (κ3) is 2.17. The van der Waals surface area contributed by atoms with Crippen molar-refractivity contribution in [2.45, 2.75) is 44.4 Å². The summed E-state index contributed by atoms with van der Waals surface area (Å²) in [5.74, 6) is 0.338. The van der Waals surface area contributed by atoms with Crippen molar-refractivity contribution in [1.29, 1.82) is 0 Å². The number of fused-ring (bicyclic) bond motifs is 2. The second kappa shape index (κ2) is 4.98. The fourth-order valence-electron chi connectivity index (χ4n) is 3.46. The topological polar surface area (TPSA) is 21.3 Å². The lowest BCUT2D eigenvalue weighted by molar-refractivity contribution is 0.0858. The van der Waals surface area contributed by atoms with Crippen LogP contribution in [0.5, 0.6) is 0 Å². The van der Waals surface area contributed by atoms with E-state index in [4.69, 9.17) is 4.74 Å². The Morgan fingerprint density at radius 3 is 2.94 bits per heavy atom. The molecule has 1 aromatic carbocycles. The Hall–Kier alpha value is -0.930. The van der Waals surface area contributed by atoms with Crippen LogP contribution in [-0.4, -0.2) is 18.8 Å². The van der Waals surface area contributed by atoms with Crippen LogP contribution >= 0.6 is 0 Å². The summed E-state index contributed by atoms with van der Waals surface area (Å²) in [4.78, 5) is 0. The van der Waals surface area contributed by atoms with E-state index in [2.05, 4.69) is 12.2 Å². The number of nitrogens with one attached hydrogen (secondary N) is 1. The van der Waals surface area contributed by atoms with Gasteiger partial charge in [-0.15, -0.1) is 0 Å². The zero-order chi connectivity index (χ0) is 12.5. The monoisotopic (exact) mass is 249 g/mol. The maximum absolute atomic E-state index is 13.4. The van der Waals surface area contributed by atoms with Crippen molar-refractivity contribution in [2.75, 3.05) is 6.54 Å². The molecule has 0 aliphatic carbocycles. The van der Waals surface area contributed by atoms with Crippen LogP contribution < -0.4 is 5.32 Å². The van der Waals surface area contributed by atoms with E-state index in [0.29, 0.717) is 18.1 Å². The average Bonchev–Trinajstić information content (AvgIpc) is 2.98. The van der Waals surface area contributed by atoms with Crippen molar-refractivity contribution < 1.29 is 9.13 Å². The summed E-state index contributed by atoms with van der Waals surface area (Å²) < 4.78 is 19.3. The normalized spacial score (nSPS) is 31.8. The number of benzene rings is 1. The second-order valence-corrected chi connectivity index (χ2v) is 5.36. The highest BCUT2D eigenvalue weighted by atomic mass is 19.1. The van der Waals surface area contributed by atoms with Crippen LogP contribution in [0.15, 0.2) is 24.3 Å². The van der Waals surface area contributed by atoms with Crippen LogP contribution in [0.3, 0.4) is 0 Å². The third-order valence-electron chi connectivity index (χ3n) is 4.21. The van der Waals surface area contributed by atoms with E-state index in [0.717, 1.165) is 24.9 Å². The van der Waals surface area contributed by atoms with Gasteiger partial charge in [0.05, 0.1) is 12.2 Å². The lowest BCUT2D eigenvalue weighted by Gasteiger charge is -2.29. The summed E-state index contributed by atoms with van der Waals surface area (Å²) in [6.45, 7) is 3.00. The maximum Gasteiger partial charge on any atom is 0.123 e. The molecule has 2 heterocycles. The van der Waals surface area contributed by atoms with E-state index in [1.54, 1.807) is 12.1 Å². The molecular weight excluding hydrogens is 229 g/mol. The van der Waals surface area contributed by atoms with Crippen molar-refractivity contribution in [3.63, 3.8) is 0 Å². The number of hydrogen-bond acceptors (Lipinski definition) is 2. The molecule has 2 aliphatic rings. The Morgan fingerprint density at radius 2 is 2.33 bits per heavy atom. The molecule has 0 saturated carbocycles. The molecule has 4 unspecified atom stereocenters. The Kier molecular flexibility index (Phi) is 3.35. The zero-order valence-corrected chi connectivity index (χ0v) is 10.7. The molecule has 2 aliphatic heterocycles. The standard InChI is InChI=1S/C15H20FNO/c1-2-17-15(10-4-3-5-11(16)8-10)13-9-12-6-7-14(13)18-12/h3-5,8,12-15,17H,2,6-7,9H2,1H3. The first kappa shape index (κ1) is 12.1. The van der Waals surface area contributed by atoms with E-state index in [1.807, 2.05) is 6.07 Å². The van der Waals surface area contributed by atoms with E-state index in [-0.39, 0.29) is 11.9 Å². The minimum atomic E-state index is -0.153. The van der Waals surface area contributed by atoms with Gasteiger partial charge in [-0.1, -0.05) is 19.1 Å². The molecule has 1 aromatic rings. The van der Waals surface area contributed by atoms with Crippen LogP contribution in [0, 0.1) is 11.7 Å². The highest BCUT2D eigenvalue weighted by Crippen LogP contribution is 2.44. The van der Waals surface area contributed by atoms with Crippen LogP contribution in [-0.2, 0) is 4.74 Å². The van der Waals surface area contributed by atoms with Gasteiger partial charge < -0.3 is 10.1 Å². The quantitative estimate of drug-likeness (QED) is 0.885. The Labute approximate surface area is 108 Å². The predicted octanol–water partition coefficient (Wildman–Crippen LogP) is 3.04. The van der Waals surface area contributed by atoms with Gasteiger partial charge in [0.2, 0.25) is 0 Å². The molecule has 2 bridgehead atoms. The van der Waals surface area contributed by atoms with Crippen LogP contribution in [0.2, 0.25) is 0 Å². The van der Waals surface area contributed by atoms with E-state index in [9.17, 15) is 4.39 Å². The summed E-state index contributed by atoms with van der Waals surface area (Å²) in [7, 11) is 0. The lowest BCUT2D eigenvalue weighted by Crippen LogP contribution is -2.33. The molecule has 2 nitrogen and oxygen atoms in total. The molecule has 4 atom stereocenters. The fourth-order valence-corrected chi connectivity index (χ4v) is 3.46. The van der Waals surface area contributed by atoms with Gasteiger partial charge in [-0.3, -0.25) is 0 Å². The minimum absolute atomic E-state index is 0.153. The summed E-state index contributed by atoms with van der Waals surface area (Å²) in [5, 5.41) is 3.51. The van der Waals surface area contributed by atoms with Crippen molar-refractivity contribution in [3.05, 3.63) is 35.6 Å². The van der Waals surface area contributed by atoms with Gasteiger partial charge in [0.1, 0.15) is 5.82 Å². The van der Waals surface area contributed by atoms with Gasteiger partial charge in [0.15, 0.2) is 0 Å². The molecule has 3 heteroatoms. The molecule has 1 N–H and O–H groups in total.